The van der Waals surface area contributed by atoms with E-state index in [1.165, 1.54) is 18.4 Å². The molecule has 1 unspecified atom stereocenters. The molecule has 10 nitrogen and oxygen atoms in total. The summed E-state index contributed by atoms with van der Waals surface area (Å²) in [5, 5.41) is 3.41. The number of benzene rings is 2. The number of piperidine rings is 1. The molecule has 206 valence electrons. The number of hydrogen-bond acceptors (Lipinski definition) is 8. The lowest BCUT2D eigenvalue weighted by molar-refractivity contribution is -0.136. The highest BCUT2D eigenvalue weighted by atomic mass is 16.5. The molecule has 0 bridgehead atoms. The molecule has 0 saturated carbocycles. The summed E-state index contributed by atoms with van der Waals surface area (Å²) >= 11 is 0. The minimum atomic E-state index is -0.612. The Kier molecular flexibility index (Phi) is 6.34. The van der Waals surface area contributed by atoms with Crippen LogP contribution >= 0.6 is 0 Å². The summed E-state index contributed by atoms with van der Waals surface area (Å²) in [6, 6.07) is 11.4. The van der Waals surface area contributed by atoms with E-state index in [2.05, 4.69) is 38.3 Å². The van der Waals surface area contributed by atoms with Gasteiger partial charge in [0.2, 0.25) is 17.8 Å². The number of carbonyl (C=O) groups excluding carboxylic acids is 3. The number of ether oxygens (including phenoxy) is 1. The van der Waals surface area contributed by atoms with Gasteiger partial charge in [-0.15, -0.1) is 0 Å². The first kappa shape index (κ1) is 25.0. The van der Waals surface area contributed by atoms with Gasteiger partial charge in [-0.25, -0.2) is 9.97 Å². The Balaban J connectivity index is 0.965. The lowest BCUT2D eigenvalue weighted by atomic mass is 10.0. The number of anilines is 1. The van der Waals surface area contributed by atoms with E-state index >= 15 is 0 Å². The van der Waals surface area contributed by atoms with E-state index in [-0.39, 0.29) is 24.3 Å². The third-order valence-corrected chi connectivity index (χ3v) is 8.45. The molecule has 2 atom stereocenters. The molecule has 10 heteroatoms. The molecule has 40 heavy (non-hydrogen) atoms. The zero-order chi connectivity index (χ0) is 27.2. The van der Waals surface area contributed by atoms with Crippen LogP contribution in [0.2, 0.25) is 0 Å². The SMILES string of the molecule is O=C1CCC(N2Cc3cc(O[C@H]4CCN(Cc5ccc6nc(N7CCCC7)ncc6c5)C4)ccc3C2=O)C(=O)N1. The second-order valence-electron chi connectivity index (χ2n) is 11.2. The number of hydrogen-bond donors (Lipinski definition) is 1. The first-order valence-corrected chi connectivity index (χ1v) is 14.2. The predicted octanol–water partition coefficient (Wildman–Crippen LogP) is 2.64. The standard InChI is InChI=1S/C30H32N6O4/c37-27-8-7-26(28(38)33-27)36-17-21-14-22(4-5-24(21)29(36)39)40-23-9-12-34(18-23)16-19-3-6-25-20(13-19)15-31-30(32-25)35-10-1-2-11-35/h3-6,13-15,23,26H,1-2,7-12,16-18H2,(H,33,37,38)/t23-,26?/m0/s1. The summed E-state index contributed by atoms with van der Waals surface area (Å²) < 4.78 is 6.33. The van der Waals surface area contributed by atoms with Crippen molar-refractivity contribution in [2.24, 2.45) is 0 Å². The number of likely N-dealkylation sites (tertiary alicyclic amines) is 1. The van der Waals surface area contributed by atoms with Gasteiger partial charge in [-0.1, -0.05) is 6.07 Å². The number of carbonyl (C=O) groups is 3. The molecule has 3 saturated heterocycles. The van der Waals surface area contributed by atoms with Crippen LogP contribution in [0.3, 0.4) is 0 Å². The fourth-order valence-electron chi connectivity index (χ4n) is 6.35. The molecule has 3 aromatic rings. The maximum Gasteiger partial charge on any atom is 0.255 e. The van der Waals surface area contributed by atoms with Crippen LogP contribution in [0.25, 0.3) is 10.9 Å². The molecular weight excluding hydrogens is 508 g/mol. The summed E-state index contributed by atoms with van der Waals surface area (Å²) in [5.74, 6) is 0.715. The van der Waals surface area contributed by atoms with Crippen LogP contribution in [0.15, 0.2) is 42.6 Å². The molecule has 4 aliphatic heterocycles. The number of imide groups is 1. The number of amides is 3. The smallest absolute Gasteiger partial charge is 0.255 e. The maximum atomic E-state index is 13.0. The van der Waals surface area contributed by atoms with Gasteiger partial charge in [-0.05, 0) is 67.1 Å². The quantitative estimate of drug-likeness (QED) is 0.476. The molecule has 1 aromatic heterocycles. The molecule has 0 aliphatic carbocycles. The lowest BCUT2D eigenvalue weighted by Crippen LogP contribution is -2.52. The van der Waals surface area contributed by atoms with Crippen molar-refractivity contribution >= 4 is 34.6 Å². The van der Waals surface area contributed by atoms with Crippen LogP contribution in [-0.4, -0.2) is 75.8 Å². The fraction of sp³-hybridized carbons (Fsp3) is 0.433. The van der Waals surface area contributed by atoms with Crippen molar-refractivity contribution in [1.82, 2.24) is 25.1 Å². The first-order chi connectivity index (χ1) is 19.5. The van der Waals surface area contributed by atoms with Crippen molar-refractivity contribution in [1.29, 1.82) is 0 Å². The van der Waals surface area contributed by atoms with E-state index in [0.717, 1.165) is 67.3 Å². The predicted molar refractivity (Wildman–Crippen MR) is 148 cm³/mol. The Morgan fingerprint density at radius 2 is 1.88 bits per heavy atom. The number of fused-ring (bicyclic) bond motifs is 2. The van der Waals surface area contributed by atoms with Crippen LogP contribution in [0, 0.1) is 0 Å². The highest BCUT2D eigenvalue weighted by Gasteiger charge is 2.39. The highest BCUT2D eigenvalue weighted by molar-refractivity contribution is 6.05. The largest absolute Gasteiger partial charge is 0.489 e. The third-order valence-electron chi connectivity index (χ3n) is 8.45. The van der Waals surface area contributed by atoms with E-state index in [0.29, 0.717) is 18.5 Å². The fourth-order valence-corrected chi connectivity index (χ4v) is 6.35. The maximum absolute atomic E-state index is 13.0. The van der Waals surface area contributed by atoms with Crippen molar-refractivity contribution in [3.63, 3.8) is 0 Å². The molecular formula is C30H32N6O4. The van der Waals surface area contributed by atoms with Gasteiger partial charge in [-0.2, -0.15) is 0 Å². The van der Waals surface area contributed by atoms with E-state index < -0.39 is 11.9 Å². The third kappa shape index (κ3) is 4.77. The van der Waals surface area contributed by atoms with Crippen molar-refractivity contribution in [2.75, 3.05) is 31.1 Å². The van der Waals surface area contributed by atoms with Crippen LogP contribution in [0.5, 0.6) is 5.75 Å². The zero-order valence-electron chi connectivity index (χ0n) is 22.3. The van der Waals surface area contributed by atoms with Gasteiger partial charge >= 0.3 is 0 Å². The number of nitrogens with one attached hydrogen (secondary N) is 1. The Bertz CT molecular complexity index is 1500. The molecule has 2 aromatic carbocycles. The summed E-state index contributed by atoms with van der Waals surface area (Å²) in [4.78, 5) is 52.4. The van der Waals surface area contributed by atoms with Crippen LogP contribution in [-0.2, 0) is 22.7 Å². The van der Waals surface area contributed by atoms with Gasteiger partial charge < -0.3 is 14.5 Å². The molecule has 5 heterocycles. The van der Waals surface area contributed by atoms with E-state index in [1.54, 1.807) is 11.0 Å². The monoisotopic (exact) mass is 540 g/mol. The van der Waals surface area contributed by atoms with Crippen molar-refractivity contribution < 1.29 is 19.1 Å². The van der Waals surface area contributed by atoms with E-state index in [1.807, 2.05) is 18.3 Å². The summed E-state index contributed by atoms with van der Waals surface area (Å²) in [6.07, 6.45) is 5.94. The summed E-state index contributed by atoms with van der Waals surface area (Å²) in [6.45, 7) is 5.02. The highest BCUT2D eigenvalue weighted by Crippen LogP contribution is 2.31. The van der Waals surface area contributed by atoms with Gasteiger partial charge in [0.25, 0.3) is 5.91 Å². The number of nitrogens with zero attached hydrogens (tertiary/aromatic N) is 5. The first-order valence-electron chi connectivity index (χ1n) is 14.2. The Labute approximate surface area is 232 Å². The summed E-state index contributed by atoms with van der Waals surface area (Å²) in [5.41, 5.74) is 3.66. The van der Waals surface area contributed by atoms with Gasteiger partial charge in [0.15, 0.2) is 0 Å². The number of rotatable bonds is 6. The average molecular weight is 541 g/mol. The van der Waals surface area contributed by atoms with E-state index in [9.17, 15) is 14.4 Å². The Morgan fingerprint density at radius 3 is 2.73 bits per heavy atom. The molecule has 1 N–H and O–H groups in total. The number of aromatic nitrogens is 2. The molecule has 0 spiro atoms. The van der Waals surface area contributed by atoms with Gasteiger partial charge in [0, 0.05) is 62.8 Å². The van der Waals surface area contributed by atoms with Crippen molar-refractivity contribution in [3.05, 3.63) is 59.3 Å². The summed E-state index contributed by atoms with van der Waals surface area (Å²) in [7, 11) is 0. The Morgan fingerprint density at radius 1 is 1.00 bits per heavy atom. The minimum Gasteiger partial charge on any atom is -0.489 e. The molecule has 3 fully saturated rings. The molecule has 0 radical (unpaired) electrons. The van der Waals surface area contributed by atoms with Crippen LogP contribution in [0.4, 0.5) is 5.95 Å². The van der Waals surface area contributed by atoms with Crippen LogP contribution < -0.4 is 15.0 Å². The second-order valence-corrected chi connectivity index (χ2v) is 11.2. The van der Waals surface area contributed by atoms with Crippen molar-refractivity contribution in [2.45, 2.75) is 57.3 Å². The minimum absolute atomic E-state index is 0.0631. The Hall–Kier alpha value is -4.05. The van der Waals surface area contributed by atoms with Gasteiger partial charge in [-0.3, -0.25) is 24.6 Å². The molecule has 4 aliphatic rings. The molecule has 3 amide bonds. The van der Waals surface area contributed by atoms with Gasteiger partial charge in [0.05, 0.1) is 5.52 Å². The normalized spacial score (nSPS) is 23.2. The lowest BCUT2D eigenvalue weighted by Gasteiger charge is -2.29. The second kappa shape index (κ2) is 10.2. The van der Waals surface area contributed by atoms with Crippen LogP contribution in [0.1, 0.15) is 53.6 Å². The van der Waals surface area contributed by atoms with Gasteiger partial charge in [0.1, 0.15) is 17.9 Å². The van der Waals surface area contributed by atoms with Crippen molar-refractivity contribution in [3.8, 4) is 5.75 Å². The average Bonchev–Trinajstić information content (AvgIpc) is 3.70. The van der Waals surface area contributed by atoms with E-state index in [4.69, 9.17) is 9.72 Å². The topological polar surface area (TPSA) is 108 Å². The molecule has 7 rings (SSSR count). The zero-order valence-corrected chi connectivity index (χ0v) is 22.3.